The average molecular weight is 463 g/mol. The summed E-state index contributed by atoms with van der Waals surface area (Å²) in [5.74, 6) is 0. The fourth-order valence-corrected chi connectivity index (χ4v) is 5.55. The molecule has 0 aliphatic heterocycles. The standard InChI is InChI=1S/C30H23Br/c1-30(2,3)21-15-19-11-13-24-26(23-10-6-8-18-7-4-5-9-22(18)23)17-27(31)25-14-12-20(16-21)28(19)29(24)25/h4-17H,1-3H3. The highest BCUT2D eigenvalue weighted by atomic mass is 79.9. The Balaban J connectivity index is 1.78. The molecule has 0 aliphatic rings. The van der Waals surface area contributed by atoms with Crippen LogP contribution in [0.5, 0.6) is 0 Å². The second kappa shape index (κ2) is 6.55. The van der Waals surface area contributed by atoms with Crippen molar-refractivity contribution in [2.24, 2.45) is 0 Å². The Bertz CT molecular complexity index is 1590. The first-order chi connectivity index (χ1) is 14.9. The third-order valence-corrected chi connectivity index (χ3v) is 7.27. The van der Waals surface area contributed by atoms with Gasteiger partial charge in [0.15, 0.2) is 0 Å². The normalized spacial score (nSPS) is 12.5. The number of hydrogen-bond donors (Lipinski definition) is 0. The molecule has 0 atom stereocenters. The van der Waals surface area contributed by atoms with Crippen LogP contribution in [0.3, 0.4) is 0 Å². The summed E-state index contributed by atoms with van der Waals surface area (Å²) in [4.78, 5) is 0. The quantitative estimate of drug-likeness (QED) is 0.213. The summed E-state index contributed by atoms with van der Waals surface area (Å²) in [7, 11) is 0. The van der Waals surface area contributed by atoms with Crippen LogP contribution in [0.15, 0.2) is 89.4 Å². The van der Waals surface area contributed by atoms with Crippen LogP contribution in [0.2, 0.25) is 0 Å². The highest BCUT2D eigenvalue weighted by molar-refractivity contribution is 9.10. The summed E-state index contributed by atoms with van der Waals surface area (Å²) in [5.41, 5.74) is 4.07. The van der Waals surface area contributed by atoms with Gasteiger partial charge in [-0.25, -0.2) is 0 Å². The third kappa shape index (κ3) is 2.80. The highest BCUT2D eigenvalue weighted by Crippen LogP contribution is 2.44. The van der Waals surface area contributed by atoms with E-state index in [1.165, 1.54) is 59.8 Å². The van der Waals surface area contributed by atoms with Crippen molar-refractivity contribution in [1.29, 1.82) is 0 Å². The molecule has 0 amide bonds. The molecule has 0 aliphatic carbocycles. The lowest BCUT2D eigenvalue weighted by molar-refractivity contribution is 0.591. The minimum Gasteiger partial charge on any atom is -0.0616 e. The van der Waals surface area contributed by atoms with Gasteiger partial charge in [-0.2, -0.15) is 0 Å². The minimum atomic E-state index is 0.124. The summed E-state index contributed by atoms with van der Waals surface area (Å²) >= 11 is 3.90. The van der Waals surface area contributed by atoms with Gasteiger partial charge in [-0.15, -0.1) is 0 Å². The van der Waals surface area contributed by atoms with Crippen molar-refractivity contribution in [3.63, 3.8) is 0 Å². The van der Waals surface area contributed by atoms with Crippen molar-refractivity contribution in [3.05, 3.63) is 95.0 Å². The molecule has 0 fully saturated rings. The second-order valence-electron chi connectivity index (χ2n) is 9.58. The lowest BCUT2D eigenvalue weighted by Crippen LogP contribution is -2.10. The number of halogens is 1. The van der Waals surface area contributed by atoms with E-state index in [9.17, 15) is 0 Å². The van der Waals surface area contributed by atoms with Crippen molar-refractivity contribution >= 4 is 59.0 Å². The molecule has 0 heterocycles. The van der Waals surface area contributed by atoms with Crippen LogP contribution in [-0.2, 0) is 5.41 Å². The number of hydrogen-bond acceptors (Lipinski definition) is 0. The zero-order chi connectivity index (χ0) is 21.3. The number of fused-ring (bicyclic) bond motifs is 1. The Kier molecular flexibility index (Phi) is 3.98. The average Bonchev–Trinajstić information content (AvgIpc) is 2.77. The first-order valence-electron chi connectivity index (χ1n) is 10.8. The molecule has 0 nitrogen and oxygen atoms in total. The molecule has 0 saturated heterocycles. The zero-order valence-corrected chi connectivity index (χ0v) is 19.5. The van der Waals surface area contributed by atoms with Crippen LogP contribution in [0, 0.1) is 0 Å². The maximum absolute atomic E-state index is 3.90. The lowest BCUT2D eigenvalue weighted by atomic mass is 9.82. The van der Waals surface area contributed by atoms with E-state index in [1.807, 2.05) is 0 Å². The van der Waals surface area contributed by atoms with Crippen LogP contribution in [0.25, 0.3) is 54.2 Å². The topological polar surface area (TPSA) is 0 Å². The molecule has 1 heteroatoms. The van der Waals surface area contributed by atoms with Crippen molar-refractivity contribution in [3.8, 4) is 11.1 Å². The van der Waals surface area contributed by atoms with Gasteiger partial charge in [-0.3, -0.25) is 0 Å². The van der Waals surface area contributed by atoms with E-state index in [4.69, 9.17) is 0 Å². The predicted octanol–water partition coefficient (Wildman–Crippen LogP) is 9.46. The Morgan fingerprint density at radius 2 is 1.23 bits per heavy atom. The van der Waals surface area contributed by atoms with Crippen molar-refractivity contribution in [1.82, 2.24) is 0 Å². The van der Waals surface area contributed by atoms with Crippen molar-refractivity contribution in [2.45, 2.75) is 26.2 Å². The Morgan fingerprint density at radius 3 is 1.97 bits per heavy atom. The van der Waals surface area contributed by atoms with E-state index in [-0.39, 0.29) is 5.41 Å². The van der Waals surface area contributed by atoms with Gasteiger partial charge in [0.2, 0.25) is 0 Å². The molecule has 0 radical (unpaired) electrons. The molecule has 150 valence electrons. The summed E-state index contributed by atoms with van der Waals surface area (Å²) in [6.07, 6.45) is 0. The first-order valence-corrected chi connectivity index (χ1v) is 11.6. The van der Waals surface area contributed by atoms with Gasteiger partial charge >= 0.3 is 0 Å². The van der Waals surface area contributed by atoms with Gasteiger partial charge in [0.05, 0.1) is 0 Å². The molecule has 0 saturated carbocycles. The molecular weight excluding hydrogens is 440 g/mol. The maximum atomic E-state index is 3.90. The fourth-order valence-electron chi connectivity index (χ4n) is 4.99. The van der Waals surface area contributed by atoms with Gasteiger partial charge in [-0.1, -0.05) is 116 Å². The molecule has 0 bridgehead atoms. The molecule has 6 aromatic carbocycles. The smallest absolute Gasteiger partial charge is 0.0260 e. The molecule has 6 rings (SSSR count). The first kappa shape index (κ1) is 18.8. The molecule has 0 N–H and O–H groups in total. The highest BCUT2D eigenvalue weighted by Gasteiger charge is 2.19. The van der Waals surface area contributed by atoms with Gasteiger partial charge < -0.3 is 0 Å². The van der Waals surface area contributed by atoms with E-state index in [1.54, 1.807) is 0 Å². The minimum absolute atomic E-state index is 0.124. The lowest BCUT2D eigenvalue weighted by Gasteiger charge is -2.22. The monoisotopic (exact) mass is 462 g/mol. The molecular formula is C30H23Br. The zero-order valence-electron chi connectivity index (χ0n) is 18.0. The Labute approximate surface area is 191 Å². The number of benzene rings is 6. The largest absolute Gasteiger partial charge is 0.0616 e. The van der Waals surface area contributed by atoms with E-state index in [2.05, 4.69) is 122 Å². The van der Waals surface area contributed by atoms with Gasteiger partial charge in [-0.05, 0) is 71.3 Å². The van der Waals surface area contributed by atoms with E-state index in [0.717, 1.165) is 4.47 Å². The van der Waals surface area contributed by atoms with E-state index >= 15 is 0 Å². The molecule has 6 aromatic rings. The van der Waals surface area contributed by atoms with Gasteiger partial charge in [0.25, 0.3) is 0 Å². The van der Waals surface area contributed by atoms with Crippen LogP contribution in [-0.4, -0.2) is 0 Å². The Morgan fingerprint density at radius 1 is 0.548 bits per heavy atom. The second-order valence-corrected chi connectivity index (χ2v) is 10.4. The number of rotatable bonds is 1. The summed E-state index contributed by atoms with van der Waals surface area (Å²) < 4.78 is 1.15. The molecule has 0 spiro atoms. The summed E-state index contributed by atoms with van der Waals surface area (Å²) in [6.45, 7) is 6.86. The Hall–Kier alpha value is -2.90. The predicted molar refractivity (Wildman–Crippen MR) is 139 cm³/mol. The fraction of sp³-hybridized carbons (Fsp3) is 0.133. The summed E-state index contributed by atoms with van der Waals surface area (Å²) in [6, 6.07) is 31.5. The molecule has 0 aromatic heterocycles. The molecule has 0 unspecified atom stereocenters. The van der Waals surface area contributed by atoms with E-state index < -0.39 is 0 Å². The van der Waals surface area contributed by atoms with Crippen LogP contribution in [0.4, 0.5) is 0 Å². The van der Waals surface area contributed by atoms with Crippen LogP contribution >= 0.6 is 15.9 Å². The maximum Gasteiger partial charge on any atom is 0.0260 e. The van der Waals surface area contributed by atoms with Gasteiger partial charge in [0, 0.05) is 4.47 Å². The summed E-state index contributed by atoms with van der Waals surface area (Å²) in [5, 5.41) is 10.5. The van der Waals surface area contributed by atoms with Crippen molar-refractivity contribution < 1.29 is 0 Å². The van der Waals surface area contributed by atoms with Crippen LogP contribution in [0.1, 0.15) is 26.3 Å². The van der Waals surface area contributed by atoms with Crippen molar-refractivity contribution in [2.75, 3.05) is 0 Å². The van der Waals surface area contributed by atoms with E-state index in [0.29, 0.717) is 0 Å². The molecule has 31 heavy (non-hydrogen) atoms. The SMILES string of the molecule is CC(C)(C)c1cc2ccc3c(Br)cc(-c4cccc5ccccc45)c4ccc(c1)c2c34. The third-order valence-electron chi connectivity index (χ3n) is 6.61. The van der Waals surface area contributed by atoms with Gasteiger partial charge in [0.1, 0.15) is 0 Å². The van der Waals surface area contributed by atoms with Crippen LogP contribution < -0.4 is 0 Å².